The summed E-state index contributed by atoms with van der Waals surface area (Å²) in [7, 11) is -4.87. The zero-order valence-corrected chi connectivity index (χ0v) is 20.7. The van der Waals surface area contributed by atoms with Crippen molar-refractivity contribution in [2.24, 2.45) is 28.6 Å². The molecule has 8 atom stereocenters. The maximum Gasteiger partial charge on any atom is 0.470 e. The van der Waals surface area contributed by atoms with Crippen molar-refractivity contribution in [2.45, 2.75) is 62.3 Å². The number of phosphoric ester groups is 1. The van der Waals surface area contributed by atoms with Crippen LogP contribution in [0.5, 0.6) is 0 Å². The second-order valence-electron chi connectivity index (χ2n) is 10.3. The summed E-state index contributed by atoms with van der Waals surface area (Å²) in [5.41, 5.74) is -2.47. The van der Waals surface area contributed by atoms with Gasteiger partial charge >= 0.3 is 7.82 Å². The highest BCUT2D eigenvalue weighted by atomic mass is 35.5. The third kappa shape index (κ3) is 3.12. The van der Waals surface area contributed by atoms with Crippen molar-refractivity contribution in [1.29, 1.82) is 0 Å². The lowest BCUT2D eigenvalue weighted by Gasteiger charge is -2.63. The van der Waals surface area contributed by atoms with Crippen molar-refractivity contribution in [3.05, 3.63) is 23.8 Å². The van der Waals surface area contributed by atoms with E-state index in [1.165, 1.54) is 6.08 Å². The first-order valence-electron chi connectivity index (χ1n) is 10.8. The number of carbonyl (C=O) groups excluding carboxylic acids is 2. The fraction of sp³-hybridized carbons (Fsp3) is 0.727. The second-order valence-corrected chi connectivity index (χ2v) is 12.7. The standard InChI is InChI=1S/C22H29Cl2O7P/c1-12-8-16-15-5-4-13-9-14(25)6-7-19(13,2)21(15,24)17(23)10-20(16,3)22(12,27)18(26)11-31-32(28,29)30/h6-7,9,12,15-17,27H,4-5,8,10-11H2,1-3H3,(H2,28,29,30)/t12-,15-,16-,17+,19-,20-,21-,22+/m0/s1. The van der Waals surface area contributed by atoms with E-state index in [0.717, 1.165) is 5.57 Å². The Morgan fingerprint density at radius 3 is 2.59 bits per heavy atom. The fourth-order valence-corrected chi connectivity index (χ4v) is 8.85. The normalized spacial score (nSPS) is 48.0. The molecule has 178 valence electrons. The van der Waals surface area contributed by atoms with E-state index in [1.54, 1.807) is 13.0 Å². The lowest BCUT2D eigenvalue weighted by Crippen LogP contribution is -2.67. The van der Waals surface area contributed by atoms with Gasteiger partial charge in [-0.05, 0) is 55.6 Å². The van der Waals surface area contributed by atoms with Crippen LogP contribution in [0.3, 0.4) is 0 Å². The van der Waals surface area contributed by atoms with E-state index in [1.807, 2.05) is 19.9 Å². The Bertz CT molecular complexity index is 975. The SMILES string of the molecule is C[C@H]1C[C@H]2[C@@H]3CCC4=CC(=O)C=C[C@]4(C)[C@@]3(Cl)[C@H](Cl)C[C@]2(C)[C@]1(O)C(=O)COP(=O)(O)O. The number of halogens is 2. The highest BCUT2D eigenvalue weighted by Crippen LogP contribution is 2.72. The predicted octanol–water partition coefficient (Wildman–Crippen LogP) is 3.53. The molecular weight excluding hydrogens is 478 g/mol. The molecule has 7 nitrogen and oxygen atoms in total. The van der Waals surface area contributed by atoms with Gasteiger partial charge in [-0.25, -0.2) is 4.57 Å². The van der Waals surface area contributed by atoms with Gasteiger partial charge in [0.1, 0.15) is 12.2 Å². The number of phosphoric acid groups is 1. The van der Waals surface area contributed by atoms with E-state index in [-0.39, 0.29) is 24.0 Å². The molecule has 0 heterocycles. The molecule has 0 unspecified atom stereocenters. The van der Waals surface area contributed by atoms with Crippen LogP contribution in [0.4, 0.5) is 0 Å². The van der Waals surface area contributed by atoms with Gasteiger partial charge in [-0.3, -0.25) is 14.1 Å². The highest BCUT2D eigenvalue weighted by molar-refractivity contribution is 7.46. The van der Waals surface area contributed by atoms with E-state index in [9.17, 15) is 19.3 Å². The maximum atomic E-state index is 13.1. The number of aliphatic hydroxyl groups is 1. The first kappa shape index (κ1) is 24.6. The molecule has 0 saturated heterocycles. The minimum Gasteiger partial charge on any atom is -0.381 e. The molecule has 0 aliphatic heterocycles. The third-order valence-corrected chi connectivity index (χ3v) is 11.0. The number of allylic oxidation sites excluding steroid dienone is 4. The highest BCUT2D eigenvalue weighted by Gasteiger charge is 2.74. The van der Waals surface area contributed by atoms with Gasteiger partial charge < -0.3 is 14.9 Å². The average molecular weight is 507 g/mol. The van der Waals surface area contributed by atoms with Crippen LogP contribution in [0.2, 0.25) is 0 Å². The molecule has 4 aliphatic rings. The van der Waals surface area contributed by atoms with Gasteiger partial charge in [0.25, 0.3) is 0 Å². The van der Waals surface area contributed by atoms with Crippen LogP contribution in [0, 0.1) is 28.6 Å². The summed E-state index contributed by atoms with van der Waals surface area (Å²) < 4.78 is 15.6. The molecule has 0 aromatic carbocycles. The molecule has 4 aliphatic carbocycles. The second kappa shape index (κ2) is 7.48. The lowest BCUT2D eigenvalue weighted by molar-refractivity contribution is -0.167. The van der Waals surface area contributed by atoms with E-state index < -0.39 is 52.8 Å². The van der Waals surface area contributed by atoms with Crippen LogP contribution in [-0.4, -0.2) is 48.9 Å². The van der Waals surface area contributed by atoms with E-state index >= 15 is 0 Å². The minimum atomic E-state index is -4.87. The van der Waals surface area contributed by atoms with Gasteiger partial charge in [0, 0.05) is 10.8 Å². The van der Waals surface area contributed by atoms with Gasteiger partial charge in [0.2, 0.25) is 0 Å². The zero-order chi connectivity index (χ0) is 23.9. The molecule has 10 heteroatoms. The Morgan fingerprint density at radius 2 is 1.97 bits per heavy atom. The summed E-state index contributed by atoms with van der Waals surface area (Å²) >= 11 is 14.4. The summed E-state index contributed by atoms with van der Waals surface area (Å²) in [6.45, 7) is 4.72. The van der Waals surface area contributed by atoms with Crippen molar-refractivity contribution in [3.63, 3.8) is 0 Å². The quantitative estimate of drug-likeness (QED) is 0.393. The third-order valence-electron chi connectivity index (χ3n) is 8.97. The first-order valence-corrected chi connectivity index (χ1v) is 13.2. The van der Waals surface area contributed by atoms with Crippen LogP contribution in [0.1, 0.15) is 46.5 Å². The van der Waals surface area contributed by atoms with Gasteiger partial charge in [0.15, 0.2) is 11.6 Å². The number of hydrogen-bond acceptors (Lipinski definition) is 5. The number of Topliss-reactive ketones (excluding diaryl/α,β-unsaturated/α-hetero) is 1. The molecular formula is C22H29Cl2O7P. The molecule has 0 amide bonds. The van der Waals surface area contributed by atoms with Crippen LogP contribution in [0.25, 0.3) is 0 Å². The van der Waals surface area contributed by atoms with Gasteiger partial charge in [-0.1, -0.05) is 32.4 Å². The molecule has 3 fully saturated rings. The predicted molar refractivity (Wildman–Crippen MR) is 119 cm³/mol. The minimum absolute atomic E-state index is 0.0671. The number of hydrogen-bond donors (Lipinski definition) is 3. The van der Waals surface area contributed by atoms with E-state index in [4.69, 9.17) is 33.0 Å². The molecule has 0 bridgehead atoms. The Morgan fingerprint density at radius 1 is 1.31 bits per heavy atom. The smallest absolute Gasteiger partial charge is 0.381 e. The van der Waals surface area contributed by atoms with Crippen LogP contribution in [-0.2, 0) is 18.7 Å². The van der Waals surface area contributed by atoms with Crippen LogP contribution >= 0.6 is 31.0 Å². The van der Waals surface area contributed by atoms with Crippen molar-refractivity contribution in [3.8, 4) is 0 Å². The van der Waals surface area contributed by atoms with E-state index in [0.29, 0.717) is 19.3 Å². The van der Waals surface area contributed by atoms with Crippen molar-refractivity contribution < 1.29 is 33.6 Å². The molecule has 32 heavy (non-hydrogen) atoms. The molecule has 0 aromatic heterocycles. The monoisotopic (exact) mass is 506 g/mol. The Balaban J connectivity index is 1.74. The summed E-state index contributed by atoms with van der Waals surface area (Å²) in [4.78, 5) is 42.2. The number of rotatable bonds is 4. The summed E-state index contributed by atoms with van der Waals surface area (Å²) in [5, 5.41) is 11.1. The molecule has 4 rings (SSSR count). The molecule has 3 saturated carbocycles. The lowest BCUT2D eigenvalue weighted by atomic mass is 9.46. The number of ketones is 2. The number of alkyl halides is 2. The zero-order valence-electron chi connectivity index (χ0n) is 18.3. The summed E-state index contributed by atoms with van der Waals surface area (Å²) in [6, 6.07) is 0. The topological polar surface area (TPSA) is 121 Å². The Hall–Kier alpha value is -0.530. The molecule has 0 radical (unpaired) electrons. The van der Waals surface area contributed by atoms with Crippen LogP contribution in [0.15, 0.2) is 23.8 Å². The van der Waals surface area contributed by atoms with E-state index in [2.05, 4.69) is 4.52 Å². The largest absolute Gasteiger partial charge is 0.470 e. The molecule has 0 aromatic rings. The fourth-order valence-electron chi connectivity index (χ4n) is 7.33. The molecule has 0 spiro atoms. The van der Waals surface area contributed by atoms with Crippen molar-refractivity contribution in [2.75, 3.05) is 6.61 Å². The number of fused-ring (bicyclic) bond motifs is 5. The Kier molecular flexibility index (Phi) is 5.75. The average Bonchev–Trinajstić information content (AvgIpc) is 2.89. The van der Waals surface area contributed by atoms with Gasteiger partial charge in [-0.2, -0.15) is 0 Å². The first-order chi connectivity index (χ1) is 14.6. The van der Waals surface area contributed by atoms with Crippen molar-refractivity contribution in [1.82, 2.24) is 0 Å². The molecule has 3 N–H and O–H groups in total. The summed E-state index contributed by atoms with van der Waals surface area (Å²) in [5.74, 6) is -1.56. The van der Waals surface area contributed by atoms with Crippen molar-refractivity contribution >= 4 is 42.6 Å². The summed E-state index contributed by atoms with van der Waals surface area (Å²) in [6.07, 6.45) is 7.14. The Labute approximate surface area is 197 Å². The van der Waals surface area contributed by atoms with Gasteiger partial charge in [-0.15, -0.1) is 23.2 Å². The van der Waals surface area contributed by atoms with Gasteiger partial charge in [0.05, 0.1) is 10.3 Å². The number of carbonyl (C=O) groups is 2. The van der Waals surface area contributed by atoms with Crippen LogP contribution < -0.4 is 0 Å². The maximum absolute atomic E-state index is 13.1.